The zero-order chi connectivity index (χ0) is 24.5. The smallest absolute Gasteiger partial charge is 0.413 e. The lowest BCUT2D eigenvalue weighted by Crippen LogP contribution is -2.07. The van der Waals surface area contributed by atoms with Crippen molar-refractivity contribution in [1.29, 1.82) is 0 Å². The summed E-state index contributed by atoms with van der Waals surface area (Å²) in [5, 5.41) is 0. The van der Waals surface area contributed by atoms with E-state index in [1.165, 1.54) is 0 Å². The molecule has 2 unspecified atom stereocenters. The van der Waals surface area contributed by atoms with Crippen molar-refractivity contribution in [2.75, 3.05) is 0 Å². The van der Waals surface area contributed by atoms with E-state index in [1.54, 1.807) is 11.8 Å². The molecule has 0 spiro atoms. The SMILES string of the molecule is Cc1cc2c(c(C(C)c3ccccc3)c1)OP(F)Oc1c(cc(C)cc1C(C)c1ccccc1)S2. The van der Waals surface area contributed by atoms with Crippen molar-refractivity contribution >= 4 is 20.4 Å². The maximum atomic E-state index is 15.5. The fourth-order valence-corrected chi connectivity index (χ4v) is 6.73. The Labute approximate surface area is 212 Å². The van der Waals surface area contributed by atoms with Gasteiger partial charge < -0.3 is 9.05 Å². The second-order valence-electron chi connectivity index (χ2n) is 9.12. The maximum Gasteiger partial charge on any atom is 0.505 e. The Kier molecular flexibility index (Phi) is 6.86. The van der Waals surface area contributed by atoms with E-state index in [-0.39, 0.29) is 11.8 Å². The van der Waals surface area contributed by atoms with Gasteiger partial charge in [-0.1, -0.05) is 98.4 Å². The van der Waals surface area contributed by atoms with Crippen LogP contribution in [-0.4, -0.2) is 0 Å². The highest BCUT2D eigenvalue weighted by Gasteiger charge is 2.30. The lowest BCUT2D eigenvalue weighted by molar-refractivity contribution is 0.420. The van der Waals surface area contributed by atoms with E-state index >= 15 is 4.20 Å². The highest BCUT2D eigenvalue weighted by atomic mass is 32.2. The second-order valence-corrected chi connectivity index (χ2v) is 11.0. The van der Waals surface area contributed by atoms with Crippen LogP contribution in [0.1, 0.15) is 59.1 Å². The first kappa shape index (κ1) is 23.9. The van der Waals surface area contributed by atoms with Gasteiger partial charge in [0.05, 0.1) is 9.79 Å². The Morgan fingerprint density at radius 2 is 1.06 bits per heavy atom. The average molecular weight is 503 g/mol. The Morgan fingerprint density at radius 1 is 0.657 bits per heavy atom. The number of aryl methyl sites for hydroxylation is 2. The van der Waals surface area contributed by atoms with Gasteiger partial charge in [-0.3, -0.25) is 0 Å². The van der Waals surface area contributed by atoms with Crippen molar-refractivity contribution in [3.63, 3.8) is 0 Å². The topological polar surface area (TPSA) is 18.5 Å². The summed E-state index contributed by atoms with van der Waals surface area (Å²) in [5.74, 6) is 1.27. The van der Waals surface area contributed by atoms with Crippen LogP contribution < -0.4 is 9.05 Å². The number of fused-ring (bicyclic) bond motifs is 2. The molecule has 0 N–H and O–H groups in total. The van der Waals surface area contributed by atoms with Crippen molar-refractivity contribution in [3.05, 3.63) is 118 Å². The van der Waals surface area contributed by atoms with Crippen molar-refractivity contribution in [2.24, 2.45) is 0 Å². The van der Waals surface area contributed by atoms with Crippen molar-refractivity contribution in [2.45, 2.75) is 49.3 Å². The van der Waals surface area contributed by atoms with Gasteiger partial charge in [-0.15, -0.1) is 4.20 Å². The molecule has 0 fully saturated rings. The summed E-state index contributed by atoms with van der Waals surface area (Å²) in [4.78, 5) is 1.84. The number of hydrogen-bond donors (Lipinski definition) is 0. The number of hydrogen-bond acceptors (Lipinski definition) is 3. The van der Waals surface area contributed by atoms with Crippen LogP contribution in [0.5, 0.6) is 11.5 Å². The predicted octanol–water partition coefficient (Wildman–Crippen LogP) is 9.73. The molecule has 1 aliphatic heterocycles. The van der Waals surface area contributed by atoms with Gasteiger partial charge in [-0.2, -0.15) is 0 Å². The molecule has 0 aliphatic carbocycles. The minimum Gasteiger partial charge on any atom is -0.413 e. The normalized spacial score (nSPS) is 16.5. The summed E-state index contributed by atoms with van der Waals surface area (Å²) in [7, 11) is -2.66. The lowest BCUT2D eigenvalue weighted by Gasteiger charge is -2.27. The molecule has 4 aromatic carbocycles. The highest BCUT2D eigenvalue weighted by Crippen LogP contribution is 2.56. The van der Waals surface area contributed by atoms with Crippen LogP contribution in [-0.2, 0) is 0 Å². The monoisotopic (exact) mass is 502 g/mol. The van der Waals surface area contributed by atoms with E-state index < -0.39 is 8.69 Å². The summed E-state index contributed by atoms with van der Waals surface area (Å²) in [6, 6.07) is 28.9. The van der Waals surface area contributed by atoms with E-state index in [0.717, 1.165) is 43.2 Å². The molecule has 0 bridgehead atoms. The molecule has 0 aromatic heterocycles. The molecule has 2 nitrogen and oxygen atoms in total. The molecule has 5 rings (SSSR count). The number of halogens is 1. The average Bonchev–Trinajstić information content (AvgIpc) is 2.86. The molecule has 1 heterocycles. The molecular weight excluding hydrogens is 474 g/mol. The van der Waals surface area contributed by atoms with E-state index in [1.807, 2.05) is 36.4 Å². The Balaban J connectivity index is 1.63. The van der Waals surface area contributed by atoms with Gasteiger partial charge in [0.15, 0.2) is 0 Å². The largest absolute Gasteiger partial charge is 0.505 e. The van der Waals surface area contributed by atoms with Crippen molar-refractivity contribution in [3.8, 4) is 11.5 Å². The molecule has 0 saturated heterocycles. The van der Waals surface area contributed by atoms with Gasteiger partial charge in [-0.25, -0.2) is 0 Å². The molecule has 0 radical (unpaired) electrons. The zero-order valence-electron chi connectivity index (χ0n) is 20.3. The molecular formula is C30H28FO2PS. The van der Waals surface area contributed by atoms with Crippen LogP contribution in [0.25, 0.3) is 0 Å². The maximum absolute atomic E-state index is 15.5. The van der Waals surface area contributed by atoms with Crippen LogP contribution in [0.3, 0.4) is 0 Å². The van der Waals surface area contributed by atoms with Crippen molar-refractivity contribution < 1.29 is 13.2 Å². The molecule has 0 saturated carbocycles. The first-order valence-corrected chi connectivity index (χ1v) is 13.7. The van der Waals surface area contributed by atoms with E-state index in [2.05, 4.69) is 76.2 Å². The van der Waals surface area contributed by atoms with Gasteiger partial charge in [0.25, 0.3) is 0 Å². The molecule has 0 amide bonds. The summed E-state index contributed by atoms with van der Waals surface area (Å²) in [6.45, 7) is 8.43. The second kappa shape index (κ2) is 10.0. The summed E-state index contributed by atoms with van der Waals surface area (Å²) < 4.78 is 27.4. The first-order chi connectivity index (χ1) is 16.9. The van der Waals surface area contributed by atoms with E-state index in [4.69, 9.17) is 9.05 Å². The van der Waals surface area contributed by atoms with Crippen LogP contribution in [0.15, 0.2) is 94.7 Å². The van der Waals surface area contributed by atoms with Gasteiger partial charge >= 0.3 is 8.69 Å². The van der Waals surface area contributed by atoms with Crippen molar-refractivity contribution in [1.82, 2.24) is 0 Å². The standard InChI is InChI=1S/C30H28FO2PS/c1-19-15-25(21(3)23-11-7-5-8-12-23)29-27(17-19)35-28-18-20(2)16-26(30(28)33-34(31)32-29)22(4)24-13-9-6-10-14-24/h5-18,21-22H,1-4H3. The van der Waals surface area contributed by atoms with Crippen LogP contribution >= 0.6 is 20.4 Å². The zero-order valence-corrected chi connectivity index (χ0v) is 22.0. The molecule has 5 heteroatoms. The third-order valence-electron chi connectivity index (χ3n) is 6.53. The van der Waals surface area contributed by atoms with Gasteiger partial charge in [0, 0.05) is 23.0 Å². The third kappa shape index (κ3) is 4.96. The van der Waals surface area contributed by atoms with Gasteiger partial charge in [0.2, 0.25) is 0 Å². The fraction of sp³-hybridized carbons (Fsp3) is 0.200. The van der Waals surface area contributed by atoms with E-state index in [9.17, 15) is 0 Å². The molecule has 35 heavy (non-hydrogen) atoms. The minimum atomic E-state index is -2.66. The Hall–Kier alpha value is -2.81. The van der Waals surface area contributed by atoms with Crippen LogP contribution in [0.4, 0.5) is 4.20 Å². The fourth-order valence-electron chi connectivity index (χ4n) is 4.65. The third-order valence-corrected chi connectivity index (χ3v) is 8.23. The molecule has 4 aromatic rings. The Bertz CT molecular complexity index is 1240. The highest BCUT2D eigenvalue weighted by molar-refractivity contribution is 7.99. The molecule has 178 valence electrons. The first-order valence-electron chi connectivity index (χ1n) is 11.8. The van der Waals surface area contributed by atoms with Crippen LogP contribution in [0.2, 0.25) is 0 Å². The van der Waals surface area contributed by atoms with Crippen LogP contribution in [0, 0.1) is 13.8 Å². The van der Waals surface area contributed by atoms with Gasteiger partial charge in [0.1, 0.15) is 11.5 Å². The summed E-state index contributed by atoms with van der Waals surface area (Å²) >= 11 is 1.59. The quantitative estimate of drug-likeness (QED) is 0.259. The summed E-state index contributed by atoms with van der Waals surface area (Å²) in [5.41, 5.74) is 6.51. The number of rotatable bonds is 4. The van der Waals surface area contributed by atoms with Gasteiger partial charge in [-0.05, 0) is 48.2 Å². The van der Waals surface area contributed by atoms with E-state index in [0.29, 0.717) is 11.5 Å². The summed E-state index contributed by atoms with van der Waals surface area (Å²) in [6.07, 6.45) is 0. The minimum absolute atomic E-state index is 0.0546. The predicted molar refractivity (Wildman–Crippen MR) is 144 cm³/mol. The molecule has 1 aliphatic rings. The Morgan fingerprint density at radius 3 is 1.46 bits per heavy atom. The molecule has 2 atom stereocenters. The lowest BCUT2D eigenvalue weighted by atomic mass is 9.91. The number of benzene rings is 4.